The van der Waals surface area contributed by atoms with E-state index in [2.05, 4.69) is 6.58 Å². The summed E-state index contributed by atoms with van der Waals surface area (Å²) in [7, 11) is 0. The number of benzene rings is 1. The van der Waals surface area contributed by atoms with Gasteiger partial charge in [-0.2, -0.15) is 0 Å². The van der Waals surface area contributed by atoms with Crippen LogP contribution in [0.4, 0.5) is 10.1 Å². The van der Waals surface area contributed by atoms with Crippen molar-refractivity contribution in [3.63, 3.8) is 0 Å². The molecule has 0 aliphatic rings. The van der Waals surface area contributed by atoms with Crippen molar-refractivity contribution in [2.45, 2.75) is 20.8 Å². The number of likely N-dealkylation sites (N-methyl/N-ethyl adjacent to an activating group) is 1. The van der Waals surface area contributed by atoms with Crippen LogP contribution in [0.25, 0.3) is 0 Å². The van der Waals surface area contributed by atoms with Crippen molar-refractivity contribution in [3.05, 3.63) is 41.2 Å². The summed E-state index contributed by atoms with van der Waals surface area (Å²) in [5, 5.41) is 0. The van der Waals surface area contributed by atoms with Crippen molar-refractivity contribution in [3.8, 4) is 0 Å². The maximum absolute atomic E-state index is 13.3. The van der Waals surface area contributed by atoms with Crippen molar-refractivity contribution in [1.29, 1.82) is 0 Å². The molecular formula is C14H19FN2O. The number of hydrogen-bond acceptors (Lipinski definition) is 2. The van der Waals surface area contributed by atoms with E-state index >= 15 is 0 Å². The normalized spacial score (nSPS) is 10.2. The van der Waals surface area contributed by atoms with E-state index < -0.39 is 5.82 Å². The van der Waals surface area contributed by atoms with E-state index in [1.165, 1.54) is 12.1 Å². The maximum atomic E-state index is 13.3. The Bertz CT molecular complexity index is 483. The van der Waals surface area contributed by atoms with Crippen molar-refractivity contribution < 1.29 is 9.18 Å². The molecule has 0 aliphatic heterocycles. The molecule has 3 nitrogen and oxygen atoms in total. The SMILES string of the molecule is C=C(C)CN(CC)C(=O)c1cc(N)c(F)cc1C. The lowest BCUT2D eigenvalue weighted by Crippen LogP contribution is -2.32. The summed E-state index contributed by atoms with van der Waals surface area (Å²) in [4.78, 5) is 14.0. The van der Waals surface area contributed by atoms with Crippen molar-refractivity contribution in [1.82, 2.24) is 4.90 Å². The number of anilines is 1. The molecule has 0 spiro atoms. The number of carbonyl (C=O) groups excluding carboxylic acids is 1. The third-order valence-electron chi connectivity index (χ3n) is 2.70. The topological polar surface area (TPSA) is 46.3 Å². The molecule has 98 valence electrons. The Morgan fingerprint density at radius 2 is 2.11 bits per heavy atom. The average molecular weight is 250 g/mol. The summed E-state index contributed by atoms with van der Waals surface area (Å²) >= 11 is 0. The van der Waals surface area contributed by atoms with Gasteiger partial charge in [0, 0.05) is 18.7 Å². The molecule has 4 heteroatoms. The van der Waals surface area contributed by atoms with Gasteiger partial charge in [-0.25, -0.2) is 4.39 Å². The summed E-state index contributed by atoms with van der Waals surface area (Å²) in [6.45, 7) is 10.3. The molecule has 1 rings (SSSR count). The van der Waals surface area contributed by atoms with E-state index in [-0.39, 0.29) is 11.6 Å². The minimum atomic E-state index is -0.494. The van der Waals surface area contributed by atoms with Crippen LogP contribution in [-0.4, -0.2) is 23.9 Å². The van der Waals surface area contributed by atoms with Crippen LogP contribution in [0, 0.1) is 12.7 Å². The summed E-state index contributed by atoms with van der Waals surface area (Å²) < 4.78 is 13.3. The number of amides is 1. The highest BCUT2D eigenvalue weighted by Crippen LogP contribution is 2.19. The second kappa shape index (κ2) is 5.67. The largest absolute Gasteiger partial charge is 0.396 e. The monoisotopic (exact) mass is 250 g/mol. The standard InChI is InChI=1S/C14H19FN2O/c1-5-17(8-9(2)3)14(18)11-7-13(16)12(15)6-10(11)4/h6-7H,2,5,8,16H2,1,3-4H3. The molecule has 0 bridgehead atoms. The van der Waals surface area contributed by atoms with E-state index in [4.69, 9.17) is 5.73 Å². The fourth-order valence-electron chi connectivity index (χ4n) is 1.74. The van der Waals surface area contributed by atoms with Gasteiger partial charge in [-0.3, -0.25) is 4.79 Å². The Morgan fingerprint density at radius 3 is 2.61 bits per heavy atom. The van der Waals surface area contributed by atoms with Crippen LogP contribution >= 0.6 is 0 Å². The van der Waals surface area contributed by atoms with Crippen LogP contribution in [0.15, 0.2) is 24.3 Å². The fraction of sp³-hybridized carbons (Fsp3) is 0.357. The van der Waals surface area contributed by atoms with Crippen LogP contribution in [-0.2, 0) is 0 Å². The maximum Gasteiger partial charge on any atom is 0.254 e. The molecule has 1 aromatic rings. The lowest BCUT2D eigenvalue weighted by atomic mass is 10.1. The lowest BCUT2D eigenvalue weighted by Gasteiger charge is -2.22. The van der Waals surface area contributed by atoms with Gasteiger partial charge >= 0.3 is 0 Å². The van der Waals surface area contributed by atoms with Gasteiger partial charge in [0.25, 0.3) is 5.91 Å². The number of hydrogen-bond donors (Lipinski definition) is 1. The predicted octanol–water partition coefficient (Wildman–Crippen LogP) is 2.75. The minimum absolute atomic E-state index is 0.00433. The molecule has 0 unspecified atom stereocenters. The first-order chi connectivity index (χ1) is 8.36. The van der Waals surface area contributed by atoms with E-state index in [1.54, 1.807) is 11.8 Å². The second-order valence-electron chi connectivity index (χ2n) is 4.47. The smallest absolute Gasteiger partial charge is 0.254 e. The highest BCUT2D eigenvalue weighted by atomic mass is 19.1. The molecule has 0 aromatic heterocycles. The van der Waals surface area contributed by atoms with E-state index in [0.717, 1.165) is 5.57 Å². The van der Waals surface area contributed by atoms with Gasteiger partial charge < -0.3 is 10.6 Å². The van der Waals surface area contributed by atoms with E-state index in [9.17, 15) is 9.18 Å². The van der Waals surface area contributed by atoms with Gasteiger partial charge in [0.15, 0.2) is 0 Å². The van der Waals surface area contributed by atoms with Crippen LogP contribution < -0.4 is 5.73 Å². The van der Waals surface area contributed by atoms with Crippen LogP contribution in [0.3, 0.4) is 0 Å². The van der Waals surface area contributed by atoms with Crippen LogP contribution in [0.2, 0.25) is 0 Å². The van der Waals surface area contributed by atoms with Crippen molar-refractivity contribution in [2.75, 3.05) is 18.8 Å². The zero-order valence-electron chi connectivity index (χ0n) is 11.1. The Morgan fingerprint density at radius 1 is 1.50 bits per heavy atom. The predicted molar refractivity (Wildman–Crippen MR) is 71.9 cm³/mol. The van der Waals surface area contributed by atoms with Crippen molar-refractivity contribution in [2.24, 2.45) is 0 Å². The van der Waals surface area contributed by atoms with E-state index in [1.807, 2.05) is 13.8 Å². The van der Waals surface area contributed by atoms with E-state index in [0.29, 0.717) is 24.2 Å². The third-order valence-corrected chi connectivity index (χ3v) is 2.70. The highest BCUT2D eigenvalue weighted by Gasteiger charge is 2.17. The van der Waals surface area contributed by atoms with Gasteiger partial charge in [0.1, 0.15) is 5.82 Å². The number of nitrogen functional groups attached to an aromatic ring is 1. The summed E-state index contributed by atoms with van der Waals surface area (Å²) in [5.74, 6) is -0.642. The molecule has 0 saturated carbocycles. The molecule has 0 atom stereocenters. The molecule has 0 fully saturated rings. The zero-order valence-corrected chi connectivity index (χ0v) is 11.1. The summed E-state index contributed by atoms with van der Waals surface area (Å²) in [6, 6.07) is 2.69. The number of nitrogens with two attached hydrogens (primary N) is 1. The first-order valence-corrected chi connectivity index (χ1v) is 5.86. The quantitative estimate of drug-likeness (QED) is 0.659. The van der Waals surface area contributed by atoms with Crippen LogP contribution in [0.5, 0.6) is 0 Å². The number of rotatable bonds is 4. The number of halogens is 1. The molecule has 2 N–H and O–H groups in total. The molecular weight excluding hydrogens is 231 g/mol. The lowest BCUT2D eigenvalue weighted by molar-refractivity contribution is 0.0777. The van der Waals surface area contributed by atoms with Gasteiger partial charge in [0.2, 0.25) is 0 Å². The van der Waals surface area contributed by atoms with Crippen molar-refractivity contribution >= 4 is 11.6 Å². The zero-order chi connectivity index (χ0) is 13.9. The molecule has 0 heterocycles. The Kier molecular flexibility index (Phi) is 4.48. The molecule has 18 heavy (non-hydrogen) atoms. The number of carbonyl (C=O) groups is 1. The fourth-order valence-corrected chi connectivity index (χ4v) is 1.74. The summed E-state index contributed by atoms with van der Waals surface area (Å²) in [5.41, 5.74) is 7.43. The van der Waals surface area contributed by atoms with Gasteiger partial charge in [-0.05, 0) is 38.5 Å². The number of nitrogens with zero attached hydrogens (tertiary/aromatic N) is 1. The minimum Gasteiger partial charge on any atom is -0.396 e. The molecule has 1 amide bonds. The van der Waals surface area contributed by atoms with Gasteiger partial charge in [-0.15, -0.1) is 0 Å². The third kappa shape index (κ3) is 3.09. The average Bonchev–Trinajstić information content (AvgIpc) is 2.29. The van der Waals surface area contributed by atoms with Gasteiger partial charge in [-0.1, -0.05) is 12.2 Å². The van der Waals surface area contributed by atoms with Gasteiger partial charge in [0.05, 0.1) is 5.69 Å². The number of aryl methyl sites for hydroxylation is 1. The summed E-state index contributed by atoms with van der Waals surface area (Å²) in [6.07, 6.45) is 0. The molecule has 0 aliphatic carbocycles. The Labute approximate surface area is 107 Å². The van der Waals surface area contributed by atoms with Crippen LogP contribution in [0.1, 0.15) is 29.8 Å². The Hall–Kier alpha value is -1.84. The Balaban J connectivity index is 3.09. The highest BCUT2D eigenvalue weighted by molar-refractivity contribution is 5.96. The molecule has 0 saturated heterocycles. The molecule has 1 aromatic carbocycles. The first-order valence-electron chi connectivity index (χ1n) is 5.86. The first kappa shape index (κ1) is 14.2. The second-order valence-corrected chi connectivity index (χ2v) is 4.47. The molecule has 0 radical (unpaired) electrons.